The maximum absolute atomic E-state index is 3.52. The molecule has 1 aliphatic heterocycles. The fourth-order valence-corrected chi connectivity index (χ4v) is 4.34. The topological polar surface area (TPSA) is 15.3 Å². The Bertz CT molecular complexity index is 758. The molecule has 1 N–H and O–H groups in total. The number of benzene rings is 2. The van der Waals surface area contributed by atoms with Gasteiger partial charge in [0, 0.05) is 19.6 Å². The van der Waals surface area contributed by atoms with Crippen LogP contribution in [-0.2, 0) is 0 Å². The molecule has 3 aromatic rings. The fourth-order valence-electron chi connectivity index (χ4n) is 3.66. The molecular weight excluding hydrogens is 324 g/mol. The largest absolute Gasteiger partial charge is 0.315 e. The van der Waals surface area contributed by atoms with Crippen molar-refractivity contribution in [1.29, 1.82) is 0 Å². The highest BCUT2D eigenvalue weighted by molar-refractivity contribution is 7.08. The summed E-state index contributed by atoms with van der Waals surface area (Å²) < 4.78 is 0. The Morgan fingerprint density at radius 3 is 2.36 bits per heavy atom. The van der Waals surface area contributed by atoms with Crippen molar-refractivity contribution in [2.45, 2.75) is 12.5 Å². The summed E-state index contributed by atoms with van der Waals surface area (Å²) in [6, 6.07) is 22.4. The third-order valence-corrected chi connectivity index (χ3v) is 5.63. The molecular formula is C22H24N2S. The van der Waals surface area contributed by atoms with Crippen LogP contribution in [-0.4, -0.2) is 31.1 Å². The number of nitrogens with zero attached hydrogens (tertiary/aromatic N) is 1. The van der Waals surface area contributed by atoms with Crippen LogP contribution in [0.4, 0.5) is 0 Å². The van der Waals surface area contributed by atoms with Gasteiger partial charge >= 0.3 is 0 Å². The summed E-state index contributed by atoms with van der Waals surface area (Å²) in [5, 5.41) is 8.01. The summed E-state index contributed by atoms with van der Waals surface area (Å²) in [5.74, 6) is 0. The summed E-state index contributed by atoms with van der Waals surface area (Å²) in [6.45, 7) is 4.44. The molecule has 2 aromatic carbocycles. The number of nitrogens with one attached hydrogen (secondary N) is 1. The maximum Gasteiger partial charge on any atom is 0.0610 e. The molecule has 128 valence electrons. The molecule has 1 fully saturated rings. The molecule has 0 spiro atoms. The monoisotopic (exact) mass is 348 g/mol. The zero-order valence-electron chi connectivity index (χ0n) is 14.4. The van der Waals surface area contributed by atoms with E-state index in [1.165, 1.54) is 28.7 Å². The van der Waals surface area contributed by atoms with Gasteiger partial charge in [-0.2, -0.15) is 11.3 Å². The summed E-state index contributed by atoms with van der Waals surface area (Å²) in [7, 11) is 0. The zero-order chi connectivity index (χ0) is 16.9. The summed E-state index contributed by atoms with van der Waals surface area (Å²) >= 11 is 1.79. The van der Waals surface area contributed by atoms with Gasteiger partial charge in [-0.25, -0.2) is 0 Å². The van der Waals surface area contributed by atoms with Crippen LogP contribution in [0.2, 0.25) is 0 Å². The molecule has 4 rings (SSSR count). The average molecular weight is 349 g/mol. The predicted molar refractivity (Wildman–Crippen MR) is 107 cm³/mol. The molecule has 1 aromatic heterocycles. The van der Waals surface area contributed by atoms with Gasteiger partial charge in [0.2, 0.25) is 0 Å². The lowest BCUT2D eigenvalue weighted by Crippen LogP contribution is -2.32. The van der Waals surface area contributed by atoms with Gasteiger partial charge in [0.15, 0.2) is 0 Å². The second-order valence-electron chi connectivity index (χ2n) is 6.59. The van der Waals surface area contributed by atoms with Crippen LogP contribution in [0, 0.1) is 0 Å². The van der Waals surface area contributed by atoms with Gasteiger partial charge in [-0.05, 0) is 52.0 Å². The van der Waals surface area contributed by atoms with E-state index in [-0.39, 0.29) is 0 Å². The SMILES string of the molecule is c1ccc(-c2ccc(C(c3ccsc3)N3CCCNCC3)cc2)cc1. The molecule has 0 aliphatic carbocycles. The van der Waals surface area contributed by atoms with Gasteiger partial charge < -0.3 is 5.32 Å². The van der Waals surface area contributed by atoms with Gasteiger partial charge in [-0.1, -0.05) is 54.6 Å². The van der Waals surface area contributed by atoms with E-state index in [9.17, 15) is 0 Å². The molecule has 1 unspecified atom stereocenters. The predicted octanol–water partition coefficient (Wildman–Crippen LogP) is 4.80. The smallest absolute Gasteiger partial charge is 0.0610 e. The first-order chi connectivity index (χ1) is 12.4. The summed E-state index contributed by atoms with van der Waals surface area (Å²) in [5.41, 5.74) is 5.37. The van der Waals surface area contributed by atoms with E-state index in [2.05, 4.69) is 81.6 Å². The van der Waals surface area contributed by atoms with E-state index < -0.39 is 0 Å². The second-order valence-corrected chi connectivity index (χ2v) is 7.37. The number of rotatable bonds is 4. The normalized spacial score (nSPS) is 17.1. The standard InChI is InChI=1S/C22H24N2S/c1-2-5-18(6-3-1)19-7-9-20(10-8-19)22(21-11-16-25-17-21)24-14-4-12-23-13-15-24/h1-3,5-11,16-17,22-23H,4,12-15H2. The second kappa shape index (κ2) is 7.96. The highest BCUT2D eigenvalue weighted by Crippen LogP contribution is 2.32. The molecule has 2 heterocycles. The Morgan fingerprint density at radius 2 is 1.60 bits per heavy atom. The van der Waals surface area contributed by atoms with E-state index in [0.29, 0.717) is 6.04 Å². The van der Waals surface area contributed by atoms with E-state index >= 15 is 0 Å². The third kappa shape index (κ3) is 3.84. The molecule has 2 nitrogen and oxygen atoms in total. The van der Waals surface area contributed by atoms with Gasteiger partial charge in [-0.3, -0.25) is 4.90 Å². The fraction of sp³-hybridized carbons (Fsp3) is 0.273. The molecule has 3 heteroatoms. The minimum Gasteiger partial charge on any atom is -0.315 e. The molecule has 0 saturated carbocycles. The zero-order valence-corrected chi connectivity index (χ0v) is 15.2. The van der Waals surface area contributed by atoms with Gasteiger partial charge in [0.25, 0.3) is 0 Å². The molecule has 1 saturated heterocycles. The van der Waals surface area contributed by atoms with Crippen molar-refractivity contribution in [1.82, 2.24) is 10.2 Å². The maximum atomic E-state index is 3.52. The van der Waals surface area contributed by atoms with Crippen LogP contribution in [0.15, 0.2) is 71.4 Å². The van der Waals surface area contributed by atoms with Crippen LogP contribution in [0.3, 0.4) is 0 Å². The average Bonchev–Trinajstić information content (AvgIpc) is 3.06. The third-order valence-electron chi connectivity index (χ3n) is 4.93. The van der Waals surface area contributed by atoms with Crippen LogP contribution in [0.5, 0.6) is 0 Å². The van der Waals surface area contributed by atoms with Crippen molar-refractivity contribution in [2.75, 3.05) is 26.2 Å². The van der Waals surface area contributed by atoms with E-state index in [4.69, 9.17) is 0 Å². The van der Waals surface area contributed by atoms with Crippen LogP contribution >= 0.6 is 11.3 Å². The highest BCUT2D eigenvalue weighted by atomic mass is 32.1. The molecule has 25 heavy (non-hydrogen) atoms. The Morgan fingerprint density at radius 1 is 0.800 bits per heavy atom. The van der Waals surface area contributed by atoms with Crippen molar-refractivity contribution < 1.29 is 0 Å². The van der Waals surface area contributed by atoms with Crippen molar-refractivity contribution in [3.63, 3.8) is 0 Å². The molecule has 1 atom stereocenters. The number of thiophene rings is 1. The van der Waals surface area contributed by atoms with Crippen molar-refractivity contribution >= 4 is 11.3 Å². The van der Waals surface area contributed by atoms with E-state index in [1.807, 2.05) is 0 Å². The minimum atomic E-state index is 0.357. The highest BCUT2D eigenvalue weighted by Gasteiger charge is 2.23. The Balaban J connectivity index is 1.65. The van der Waals surface area contributed by atoms with Crippen molar-refractivity contribution in [3.05, 3.63) is 82.6 Å². The Hall–Kier alpha value is -1.94. The Kier molecular flexibility index (Phi) is 5.26. The first kappa shape index (κ1) is 16.5. The van der Waals surface area contributed by atoms with Crippen LogP contribution < -0.4 is 5.32 Å². The first-order valence-electron chi connectivity index (χ1n) is 9.04. The van der Waals surface area contributed by atoms with Gasteiger partial charge in [-0.15, -0.1) is 0 Å². The number of hydrogen-bond donors (Lipinski definition) is 1. The first-order valence-corrected chi connectivity index (χ1v) is 9.98. The number of hydrogen-bond acceptors (Lipinski definition) is 3. The molecule has 1 aliphatic rings. The minimum absolute atomic E-state index is 0.357. The van der Waals surface area contributed by atoms with Crippen molar-refractivity contribution in [2.24, 2.45) is 0 Å². The van der Waals surface area contributed by atoms with Gasteiger partial charge in [0.1, 0.15) is 0 Å². The Labute approximate surface area is 154 Å². The van der Waals surface area contributed by atoms with Crippen molar-refractivity contribution in [3.8, 4) is 11.1 Å². The lowest BCUT2D eigenvalue weighted by atomic mass is 9.96. The summed E-state index contributed by atoms with van der Waals surface area (Å²) in [6.07, 6.45) is 1.21. The molecule has 0 bridgehead atoms. The lowest BCUT2D eigenvalue weighted by Gasteiger charge is -2.30. The van der Waals surface area contributed by atoms with Gasteiger partial charge in [0.05, 0.1) is 6.04 Å². The molecule has 0 radical (unpaired) electrons. The summed E-state index contributed by atoms with van der Waals surface area (Å²) in [4.78, 5) is 2.62. The van der Waals surface area contributed by atoms with Crippen LogP contribution in [0.25, 0.3) is 11.1 Å². The van der Waals surface area contributed by atoms with Crippen LogP contribution in [0.1, 0.15) is 23.6 Å². The lowest BCUT2D eigenvalue weighted by molar-refractivity contribution is 0.241. The van der Waals surface area contributed by atoms with E-state index in [0.717, 1.165) is 26.2 Å². The van der Waals surface area contributed by atoms with E-state index in [1.54, 1.807) is 11.3 Å². The quantitative estimate of drug-likeness (QED) is 0.728. The molecule has 0 amide bonds.